The first-order chi connectivity index (χ1) is 16.7. The van der Waals surface area contributed by atoms with Gasteiger partial charge in [-0.15, -0.1) is 0 Å². The van der Waals surface area contributed by atoms with E-state index in [0.29, 0.717) is 13.0 Å². The van der Waals surface area contributed by atoms with Crippen LogP contribution in [-0.4, -0.2) is 33.5 Å². The summed E-state index contributed by atoms with van der Waals surface area (Å²) in [6.07, 6.45) is 1.51. The molecule has 8 heteroatoms. The Morgan fingerprint density at radius 1 is 1.00 bits per heavy atom. The lowest BCUT2D eigenvalue weighted by molar-refractivity contribution is -0.119. The molecule has 1 amide bonds. The highest BCUT2D eigenvalue weighted by Crippen LogP contribution is 2.26. The minimum absolute atomic E-state index is 0.0101. The highest BCUT2D eigenvalue weighted by molar-refractivity contribution is 7.92. The van der Waals surface area contributed by atoms with Gasteiger partial charge in [-0.1, -0.05) is 42.0 Å². The zero-order valence-electron chi connectivity index (χ0n) is 20.2. The molecule has 0 radical (unpaired) electrons. The van der Waals surface area contributed by atoms with Crippen LogP contribution in [0.15, 0.2) is 77.7 Å². The zero-order chi connectivity index (χ0) is 25.4. The topological polar surface area (TPSA) is 75.7 Å². The standard InChI is InChI=1S/C27H31FN2O4S/c1-20(2)34-23-14-12-22(13-15-23)7-6-18-29-27(31)19-30(26-9-5-4-8-25(26)28)35(32,33)24-16-10-21(3)11-17-24/h4-5,8-17,20H,6-7,18-19H2,1-3H3,(H,29,31). The summed E-state index contributed by atoms with van der Waals surface area (Å²) in [6, 6.07) is 19.5. The van der Waals surface area contributed by atoms with Crippen molar-refractivity contribution in [1.82, 2.24) is 5.32 Å². The number of hydrogen-bond donors (Lipinski definition) is 1. The predicted octanol–water partition coefficient (Wildman–Crippen LogP) is 4.87. The van der Waals surface area contributed by atoms with E-state index >= 15 is 0 Å². The van der Waals surface area contributed by atoms with Crippen LogP contribution in [0.5, 0.6) is 5.75 Å². The first kappa shape index (κ1) is 26.2. The van der Waals surface area contributed by atoms with Crippen molar-refractivity contribution in [3.05, 3.63) is 89.7 Å². The summed E-state index contributed by atoms with van der Waals surface area (Å²) in [4.78, 5) is 12.7. The van der Waals surface area contributed by atoms with Gasteiger partial charge in [-0.05, 0) is 75.6 Å². The summed E-state index contributed by atoms with van der Waals surface area (Å²) < 4.78 is 47.6. The van der Waals surface area contributed by atoms with Crippen molar-refractivity contribution in [3.8, 4) is 5.75 Å². The Hall–Kier alpha value is -3.39. The van der Waals surface area contributed by atoms with Gasteiger partial charge in [0.2, 0.25) is 5.91 Å². The van der Waals surface area contributed by atoms with Crippen molar-refractivity contribution in [2.75, 3.05) is 17.4 Å². The number of nitrogens with one attached hydrogen (secondary N) is 1. The molecule has 0 aliphatic heterocycles. The number of sulfonamides is 1. The van der Waals surface area contributed by atoms with Crippen molar-refractivity contribution in [1.29, 1.82) is 0 Å². The molecule has 0 spiro atoms. The van der Waals surface area contributed by atoms with Gasteiger partial charge in [0.1, 0.15) is 18.1 Å². The number of amides is 1. The number of halogens is 1. The van der Waals surface area contributed by atoms with Gasteiger partial charge in [0.25, 0.3) is 10.0 Å². The van der Waals surface area contributed by atoms with Gasteiger partial charge in [0.15, 0.2) is 0 Å². The van der Waals surface area contributed by atoms with Gasteiger partial charge in [-0.2, -0.15) is 0 Å². The molecule has 0 aliphatic carbocycles. The van der Waals surface area contributed by atoms with E-state index < -0.39 is 28.3 Å². The van der Waals surface area contributed by atoms with E-state index in [1.165, 1.54) is 36.4 Å². The van der Waals surface area contributed by atoms with Crippen LogP contribution in [-0.2, 0) is 21.2 Å². The van der Waals surface area contributed by atoms with Crippen LogP contribution >= 0.6 is 0 Å². The lowest BCUT2D eigenvalue weighted by atomic mass is 10.1. The third-order valence-electron chi connectivity index (χ3n) is 5.28. The number of rotatable bonds is 11. The summed E-state index contributed by atoms with van der Waals surface area (Å²) in [6.45, 7) is 5.61. The average molecular weight is 499 g/mol. The molecule has 0 unspecified atom stereocenters. The molecule has 0 bridgehead atoms. The summed E-state index contributed by atoms with van der Waals surface area (Å²) >= 11 is 0. The minimum Gasteiger partial charge on any atom is -0.491 e. The molecule has 3 aromatic rings. The Kier molecular flexibility index (Phi) is 8.87. The molecule has 35 heavy (non-hydrogen) atoms. The first-order valence-corrected chi connectivity index (χ1v) is 13.0. The normalized spacial score (nSPS) is 11.3. The largest absolute Gasteiger partial charge is 0.491 e. The molecule has 3 rings (SSSR count). The summed E-state index contributed by atoms with van der Waals surface area (Å²) in [5, 5.41) is 2.75. The first-order valence-electron chi connectivity index (χ1n) is 11.5. The van der Waals surface area contributed by atoms with E-state index in [4.69, 9.17) is 4.74 Å². The maximum Gasteiger partial charge on any atom is 0.264 e. The lowest BCUT2D eigenvalue weighted by Gasteiger charge is -2.24. The Balaban J connectivity index is 1.64. The quantitative estimate of drug-likeness (QED) is 0.383. The van der Waals surface area contributed by atoms with Crippen LogP contribution < -0.4 is 14.4 Å². The van der Waals surface area contributed by atoms with E-state index in [1.54, 1.807) is 12.1 Å². The number of anilines is 1. The maximum absolute atomic E-state index is 14.5. The fourth-order valence-corrected chi connectivity index (χ4v) is 4.93. The number of aryl methyl sites for hydroxylation is 2. The Labute approximate surface area is 206 Å². The van der Waals surface area contributed by atoms with Gasteiger partial charge in [-0.3, -0.25) is 9.10 Å². The van der Waals surface area contributed by atoms with Crippen LogP contribution in [0, 0.1) is 12.7 Å². The highest BCUT2D eigenvalue weighted by Gasteiger charge is 2.29. The molecule has 1 N–H and O–H groups in total. The molecule has 0 fully saturated rings. The molecule has 0 saturated carbocycles. The second-order valence-electron chi connectivity index (χ2n) is 8.54. The number of benzene rings is 3. The molecule has 3 aromatic carbocycles. The van der Waals surface area contributed by atoms with Crippen molar-refractivity contribution < 1.29 is 22.3 Å². The van der Waals surface area contributed by atoms with Crippen molar-refractivity contribution in [3.63, 3.8) is 0 Å². The predicted molar refractivity (Wildman–Crippen MR) is 136 cm³/mol. The van der Waals surface area contributed by atoms with Gasteiger partial charge < -0.3 is 10.1 Å². The van der Waals surface area contributed by atoms with Crippen LogP contribution in [0.3, 0.4) is 0 Å². The average Bonchev–Trinajstić information content (AvgIpc) is 2.82. The van der Waals surface area contributed by atoms with Gasteiger partial charge in [-0.25, -0.2) is 12.8 Å². The SMILES string of the molecule is Cc1ccc(S(=O)(=O)N(CC(=O)NCCCc2ccc(OC(C)C)cc2)c2ccccc2F)cc1. The van der Waals surface area contributed by atoms with Crippen molar-refractivity contribution in [2.45, 2.75) is 44.6 Å². The van der Waals surface area contributed by atoms with Crippen LogP contribution in [0.1, 0.15) is 31.4 Å². The van der Waals surface area contributed by atoms with Crippen LogP contribution in [0.25, 0.3) is 0 Å². The fourth-order valence-electron chi connectivity index (χ4n) is 3.50. The molecular formula is C27H31FN2O4S. The van der Waals surface area contributed by atoms with E-state index in [2.05, 4.69) is 5.32 Å². The number of carbonyl (C=O) groups excluding carboxylic acids is 1. The van der Waals surface area contributed by atoms with E-state index in [9.17, 15) is 17.6 Å². The zero-order valence-corrected chi connectivity index (χ0v) is 21.0. The summed E-state index contributed by atoms with van der Waals surface area (Å²) in [5.74, 6) is -0.425. The number of hydrogen-bond acceptors (Lipinski definition) is 4. The second-order valence-corrected chi connectivity index (χ2v) is 10.4. The van der Waals surface area contributed by atoms with E-state index in [1.807, 2.05) is 45.0 Å². The summed E-state index contributed by atoms with van der Waals surface area (Å²) in [7, 11) is -4.15. The molecule has 6 nitrogen and oxygen atoms in total. The van der Waals surface area contributed by atoms with Crippen molar-refractivity contribution in [2.24, 2.45) is 0 Å². The molecule has 0 atom stereocenters. The third-order valence-corrected chi connectivity index (χ3v) is 7.05. The number of para-hydroxylation sites is 1. The monoisotopic (exact) mass is 498 g/mol. The molecule has 0 heterocycles. The summed E-state index contributed by atoms with van der Waals surface area (Å²) in [5.41, 5.74) is 1.82. The molecule has 186 valence electrons. The second kappa shape index (κ2) is 11.8. The molecule has 0 aromatic heterocycles. The molecular weight excluding hydrogens is 467 g/mol. The van der Waals surface area contributed by atoms with Crippen molar-refractivity contribution >= 4 is 21.6 Å². The fraction of sp³-hybridized carbons (Fsp3) is 0.296. The highest BCUT2D eigenvalue weighted by atomic mass is 32.2. The Bertz CT molecular complexity index is 1230. The van der Waals surface area contributed by atoms with Gasteiger partial charge in [0.05, 0.1) is 16.7 Å². The minimum atomic E-state index is -4.15. The van der Waals surface area contributed by atoms with Crippen LogP contribution in [0.4, 0.5) is 10.1 Å². The Morgan fingerprint density at radius 2 is 1.66 bits per heavy atom. The Morgan fingerprint density at radius 3 is 2.29 bits per heavy atom. The van der Waals surface area contributed by atoms with Gasteiger partial charge in [0, 0.05) is 6.54 Å². The van der Waals surface area contributed by atoms with Gasteiger partial charge >= 0.3 is 0 Å². The number of nitrogens with zero attached hydrogens (tertiary/aromatic N) is 1. The van der Waals surface area contributed by atoms with Crippen LogP contribution in [0.2, 0.25) is 0 Å². The van der Waals surface area contributed by atoms with E-state index in [-0.39, 0.29) is 16.7 Å². The number of carbonyl (C=O) groups is 1. The smallest absolute Gasteiger partial charge is 0.264 e. The lowest BCUT2D eigenvalue weighted by Crippen LogP contribution is -2.41. The van der Waals surface area contributed by atoms with E-state index in [0.717, 1.165) is 27.6 Å². The third kappa shape index (κ3) is 7.29. The maximum atomic E-state index is 14.5. The number of ether oxygens (including phenoxy) is 1. The molecule has 0 aliphatic rings. The molecule has 0 saturated heterocycles.